The van der Waals surface area contributed by atoms with Crippen molar-refractivity contribution < 1.29 is 14.7 Å². The predicted molar refractivity (Wildman–Crippen MR) is 77.7 cm³/mol. The van der Waals surface area contributed by atoms with E-state index in [1.165, 1.54) is 0 Å². The molecule has 0 aromatic heterocycles. The zero-order valence-corrected chi connectivity index (χ0v) is 12.9. The molecular weight excluding hydrogens is 258 g/mol. The van der Waals surface area contributed by atoms with Gasteiger partial charge in [-0.1, -0.05) is 20.3 Å². The second-order valence-corrected chi connectivity index (χ2v) is 5.77. The first-order valence-electron chi connectivity index (χ1n) is 7.39. The molecule has 1 aliphatic heterocycles. The molecule has 6 nitrogen and oxygen atoms in total. The highest BCUT2D eigenvalue weighted by molar-refractivity contribution is 5.82. The third kappa shape index (κ3) is 4.37. The zero-order chi connectivity index (χ0) is 15.3. The summed E-state index contributed by atoms with van der Waals surface area (Å²) in [7, 11) is 0. The van der Waals surface area contributed by atoms with Gasteiger partial charge in [-0.25, -0.2) is 9.59 Å². The Bertz CT molecular complexity index is 339. The van der Waals surface area contributed by atoms with Crippen LogP contribution in [0.3, 0.4) is 0 Å². The van der Waals surface area contributed by atoms with Gasteiger partial charge in [0.15, 0.2) is 0 Å². The van der Waals surface area contributed by atoms with E-state index in [0.29, 0.717) is 19.1 Å². The molecule has 1 aliphatic rings. The highest BCUT2D eigenvalue weighted by Crippen LogP contribution is 2.10. The van der Waals surface area contributed by atoms with Crippen LogP contribution in [0.2, 0.25) is 0 Å². The predicted octanol–water partition coefficient (Wildman–Crippen LogP) is 1.22. The number of piperazine rings is 1. The SMILES string of the molecule is CCC(C)[C@H](NC(=O)N1CCN(C(C)C)CC1)C(=O)O. The number of carboxylic acid groups (broad SMARTS) is 1. The van der Waals surface area contributed by atoms with Crippen LogP contribution in [-0.2, 0) is 4.79 Å². The molecular formula is C14H27N3O3. The Morgan fingerprint density at radius 1 is 1.15 bits per heavy atom. The van der Waals surface area contributed by atoms with Gasteiger partial charge in [0.1, 0.15) is 6.04 Å². The fourth-order valence-electron chi connectivity index (χ4n) is 2.35. The molecule has 0 aromatic carbocycles. The number of amides is 2. The second-order valence-electron chi connectivity index (χ2n) is 5.77. The van der Waals surface area contributed by atoms with Crippen molar-refractivity contribution in [2.45, 2.75) is 46.2 Å². The maximum atomic E-state index is 12.1. The van der Waals surface area contributed by atoms with Crippen molar-refractivity contribution in [2.24, 2.45) is 5.92 Å². The van der Waals surface area contributed by atoms with Crippen molar-refractivity contribution in [3.63, 3.8) is 0 Å². The highest BCUT2D eigenvalue weighted by atomic mass is 16.4. The summed E-state index contributed by atoms with van der Waals surface area (Å²) < 4.78 is 0. The molecule has 0 aliphatic carbocycles. The number of hydrogen-bond acceptors (Lipinski definition) is 3. The van der Waals surface area contributed by atoms with Gasteiger partial charge in [0.2, 0.25) is 0 Å². The third-order valence-corrected chi connectivity index (χ3v) is 4.09. The van der Waals surface area contributed by atoms with E-state index in [4.69, 9.17) is 0 Å². The van der Waals surface area contributed by atoms with Crippen LogP contribution < -0.4 is 5.32 Å². The molecule has 1 heterocycles. The fraction of sp³-hybridized carbons (Fsp3) is 0.857. The monoisotopic (exact) mass is 285 g/mol. The van der Waals surface area contributed by atoms with E-state index >= 15 is 0 Å². The first-order chi connectivity index (χ1) is 9.36. The minimum absolute atomic E-state index is 0.0756. The lowest BCUT2D eigenvalue weighted by Gasteiger charge is -2.37. The molecule has 0 saturated carbocycles. The van der Waals surface area contributed by atoms with Gasteiger partial charge in [0.25, 0.3) is 0 Å². The van der Waals surface area contributed by atoms with Gasteiger partial charge in [0, 0.05) is 32.2 Å². The van der Waals surface area contributed by atoms with Crippen LogP contribution in [0.15, 0.2) is 0 Å². The molecule has 1 saturated heterocycles. The van der Waals surface area contributed by atoms with Crippen molar-refractivity contribution >= 4 is 12.0 Å². The van der Waals surface area contributed by atoms with Crippen molar-refractivity contribution in [1.82, 2.24) is 15.1 Å². The van der Waals surface area contributed by atoms with Crippen LogP contribution in [-0.4, -0.2) is 65.2 Å². The molecule has 0 radical (unpaired) electrons. The summed E-state index contributed by atoms with van der Waals surface area (Å²) in [4.78, 5) is 27.4. The van der Waals surface area contributed by atoms with Crippen molar-refractivity contribution in [1.29, 1.82) is 0 Å². The van der Waals surface area contributed by atoms with Gasteiger partial charge in [-0.15, -0.1) is 0 Å². The number of rotatable bonds is 5. The number of carbonyl (C=O) groups excluding carboxylic acids is 1. The van der Waals surface area contributed by atoms with Crippen LogP contribution in [0.4, 0.5) is 4.79 Å². The summed E-state index contributed by atoms with van der Waals surface area (Å²) in [5.41, 5.74) is 0. The van der Waals surface area contributed by atoms with Gasteiger partial charge < -0.3 is 15.3 Å². The molecule has 2 atom stereocenters. The number of urea groups is 1. The molecule has 20 heavy (non-hydrogen) atoms. The minimum Gasteiger partial charge on any atom is -0.480 e. The van der Waals surface area contributed by atoms with Crippen LogP contribution in [0.5, 0.6) is 0 Å². The maximum Gasteiger partial charge on any atom is 0.326 e. The summed E-state index contributed by atoms with van der Waals surface area (Å²) in [6.45, 7) is 11.0. The second kappa shape index (κ2) is 7.47. The Morgan fingerprint density at radius 2 is 1.70 bits per heavy atom. The highest BCUT2D eigenvalue weighted by Gasteiger charge is 2.29. The Kier molecular flexibility index (Phi) is 6.26. The molecule has 2 N–H and O–H groups in total. The number of carboxylic acids is 1. The van der Waals surface area contributed by atoms with Gasteiger partial charge in [-0.2, -0.15) is 0 Å². The summed E-state index contributed by atoms with van der Waals surface area (Å²) in [5.74, 6) is -1.04. The molecule has 6 heteroatoms. The lowest BCUT2D eigenvalue weighted by molar-refractivity contribution is -0.140. The molecule has 1 rings (SSSR count). The Hall–Kier alpha value is -1.30. The van der Waals surface area contributed by atoms with Gasteiger partial charge in [-0.05, 0) is 19.8 Å². The Morgan fingerprint density at radius 3 is 2.10 bits per heavy atom. The largest absolute Gasteiger partial charge is 0.480 e. The average Bonchev–Trinajstić information content (AvgIpc) is 2.43. The summed E-state index contributed by atoms with van der Waals surface area (Å²) in [5, 5.41) is 11.8. The minimum atomic E-state index is -0.964. The van der Waals surface area contributed by atoms with Crippen LogP contribution in [0.1, 0.15) is 34.1 Å². The van der Waals surface area contributed by atoms with E-state index in [1.54, 1.807) is 4.90 Å². The van der Waals surface area contributed by atoms with E-state index in [-0.39, 0.29) is 11.9 Å². The Labute approximate surface area is 121 Å². The van der Waals surface area contributed by atoms with E-state index in [9.17, 15) is 14.7 Å². The van der Waals surface area contributed by atoms with Gasteiger partial charge in [-0.3, -0.25) is 4.90 Å². The van der Waals surface area contributed by atoms with Gasteiger partial charge in [0.05, 0.1) is 0 Å². The van der Waals surface area contributed by atoms with Crippen LogP contribution >= 0.6 is 0 Å². The van der Waals surface area contributed by atoms with Gasteiger partial charge >= 0.3 is 12.0 Å². The standard InChI is InChI=1S/C14H27N3O3/c1-5-11(4)12(13(18)19)15-14(20)17-8-6-16(7-9-17)10(2)3/h10-12H,5-9H2,1-4H3,(H,15,20)(H,18,19)/t11?,12-/m0/s1. The third-order valence-electron chi connectivity index (χ3n) is 4.09. The average molecular weight is 285 g/mol. The van der Waals surface area contributed by atoms with E-state index in [1.807, 2.05) is 13.8 Å². The lowest BCUT2D eigenvalue weighted by atomic mass is 9.99. The first kappa shape index (κ1) is 16.8. The molecule has 1 fully saturated rings. The molecule has 2 amide bonds. The lowest BCUT2D eigenvalue weighted by Crippen LogP contribution is -2.56. The summed E-state index contributed by atoms with van der Waals surface area (Å²) in [6, 6.07) is -0.594. The first-order valence-corrected chi connectivity index (χ1v) is 7.39. The number of nitrogens with one attached hydrogen (secondary N) is 1. The smallest absolute Gasteiger partial charge is 0.326 e. The number of hydrogen-bond donors (Lipinski definition) is 2. The molecule has 0 spiro atoms. The molecule has 1 unspecified atom stereocenters. The zero-order valence-electron chi connectivity index (χ0n) is 12.9. The molecule has 0 bridgehead atoms. The van der Waals surface area contributed by atoms with E-state index in [0.717, 1.165) is 19.5 Å². The Balaban J connectivity index is 2.52. The van der Waals surface area contributed by atoms with Crippen molar-refractivity contribution in [3.8, 4) is 0 Å². The van der Waals surface area contributed by atoms with E-state index in [2.05, 4.69) is 24.1 Å². The maximum absolute atomic E-state index is 12.1. The van der Waals surface area contributed by atoms with Crippen molar-refractivity contribution in [2.75, 3.05) is 26.2 Å². The summed E-state index contributed by atoms with van der Waals surface area (Å²) >= 11 is 0. The van der Waals surface area contributed by atoms with E-state index < -0.39 is 12.0 Å². The number of carbonyl (C=O) groups is 2. The molecule has 116 valence electrons. The normalized spacial score (nSPS) is 19.8. The number of aliphatic carboxylic acids is 1. The quantitative estimate of drug-likeness (QED) is 0.796. The van der Waals surface area contributed by atoms with Crippen LogP contribution in [0.25, 0.3) is 0 Å². The molecule has 0 aromatic rings. The summed E-state index contributed by atoms with van der Waals surface area (Å²) in [6.07, 6.45) is 0.721. The van der Waals surface area contributed by atoms with Crippen LogP contribution in [0, 0.1) is 5.92 Å². The topological polar surface area (TPSA) is 72.9 Å². The van der Waals surface area contributed by atoms with Crippen molar-refractivity contribution in [3.05, 3.63) is 0 Å². The fourth-order valence-corrected chi connectivity index (χ4v) is 2.35. The number of nitrogens with zero attached hydrogens (tertiary/aromatic N) is 2.